The molecule has 2 aromatic heterocycles. The highest BCUT2D eigenvalue weighted by Gasteiger charge is 2.31. The fourth-order valence-electron chi connectivity index (χ4n) is 2.51. The van der Waals surface area contributed by atoms with Gasteiger partial charge >= 0.3 is 0 Å². The van der Waals surface area contributed by atoms with Crippen LogP contribution in [0.3, 0.4) is 0 Å². The largest absolute Gasteiger partial charge is 0.301 e. The Morgan fingerprint density at radius 3 is 2.96 bits per heavy atom. The molecule has 1 aliphatic rings. The highest BCUT2D eigenvalue weighted by Crippen LogP contribution is 2.33. The quantitative estimate of drug-likeness (QED) is 0.444. The SMILES string of the molecule is CCCCc1nnc(NC(=O)CCCN2C(=O)/C(=C/c3cccs3)SC2=S)s1. The topological polar surface area (TPSA) is 75.2 Å². The number of hydrogen-bond acceptors (Lipinski definition) is 8. The zero-order chi connectivity index (χ0) is 19.9. The predicted octanol–water partition coefficient (Wildman–Crippen LogP) is 4.56. The number of aromatic nitrogens is 2. The van der Waals surface area contributed by atoms with E-state index >= 15 is 0 Å². The fourth-order valence-corrected chi connectivity index (χ4v) is 5.34. The van der Waals surface area contributed by atoms with Gasteiger partial charge in [0.25, 0.3) is 5.91 Å². The second kappa shape index (κ2) is 10.2. The molecule has 1 saturated heterocycles. The first-order valence-electron chi connectivity index (χ1n) is 8.98. The Morgan fingerprint density at radius 1 is 1.36 bits per heavy atom. The average Bonchev–Trinajstić information content (AvgIpc) is 3.39. The number of anilines is 1. The molecule has 0 radical (unpaired) electrons. The van der Waals surface area contributed by atoms with Crippen molar-refractivity contribution in [2.45, 2.75) is 39.0 Å². The van der Waals surface area contributed by atoms with E-state index in [1.165, 1.54) is 23.1 Å². The minimum Gasteiger partial charge on any atom is -0.301 e. The van der Waals surface area contributed by atoms with Gasteiger partial charge < -0.3 is 5.32 Å². The van der Waals surface area contributed by atoms with E-state index in [9.17, 15) is 9.59 Å². The van der Waals surface area contributed by atoms with E-state index in [0.717, 1.165) is 29.1 Å². The standard InChI is InChI=1S/C18H20N4O2S4/c1-2-3-8-15-20-21-17(28-15)19-14(23)7-4-9-22-16(24)13(27-18(22)25)11-12-6-5-10-26-12/h5-6,10-11H,2-4,7-9H2,1H3,(H,19,21,23)/b13-11-. The van der Waals surface area contributed by atoms with Gasteiger partial charge in [-0.2, -0.15) is 0 Å². The number of thioether (sulfide) groups is 1. The number of aryl methyl sites for hydroxylation is 1. The van der Waals surface area contributed by atoms with Crippen molar-refractivity contribution in [1.29, 1.82) is 0 Å². The fraction of sp³-hybridized carbons (Fsp3) is 0.389. The highest BCUT2D eigenvalue weighted by molar-refractivity contribution is 8.26. The number of thiocarbonyl (C=S) groups is 1. The van der Waals surface area contributed by atoms with Gasteiger partial charge in [-0.1, -0.05) is 54.7 Å². The summed E-state index contributed by atoms with van der Waals surface area (Å²) in [5, 5.41) is 14.3. The van der Waals surface area contributed by atoms with Crippen molar-refractivity contribution in [1.82, 2.24) is 15.1 Å². The zero-order valence-corrected chi connectivity index (χ0v) is 18.6. The minimum absolute atomic E-state index is 0.0894. The second-order valence-corrected chi connectivity index (χ2v) is 9.82. The lowest BCUT2D eigenvalue weighted by Crippen LogP contribution is -2.29. The van der Waals surface area contributed by atoms with Crippen molar-refractivity contribution >= 4 is 74.0 Å². The first kappa shape index (κ1) is 21.1. The van der Waals surface area contributed by atoms with Crippen LogP contribution in [-0.2, 0) is 16.0 Å². The molecule has 3 rings (SSSR count). The van der Waals surface area contributed by atoms with E-state index < -0.39 is 0 Å². The van der Waals surface area contributed by atoms with Gasteiger partial charge in [0, 0.05) is 24.3 Å². The summed E-state index contributed by atoms with van der Waals surface area (Å²) in [4.78, 5) is 27.9. The van der Waals surface area contributed by atoms with Gasteiger partial charge in [-0.05, 0) is 30.4 Å². The van der Waals surface area contributed by atoms with E-state index in [1.54, 1.807) is 16.2 Å². The van der Waals surface area contributed by atoms with Crippen LogP contribution in [0.5, 0.6) is 0 Å². The van der Waals surface area contributed by atoms with Crippen LogP contribution in [-0.4, -0.2) is 37.8 Å². The third-order valence-electron chi connectivity index (χ3n) is 3.93. The molecule has 0 aromatic carbocycles. The van der Waals surface area contributed by atoms with Gasteiger partial charge in [-0.3, -0.25) is 14.5 Å². The molecule has 0 spiro atoms. The van der Waals surface area contributed by atoms with E-state index in [4.69, 9.17) is 12.2 Å². The van der Waals surface area contributed by atoms with Crippen LogP contribution in [0.2, 0.25) is 0 Å². The lowest BCUT2D eigenvalue weighted by atomic mass is 10.2. The molecule has 1 aliphatic heterocycles. The molecule has 28 heavy (non-hydrogen) atoms. The molecule has 2 aromatic rings. The number of carbonyl (C=O) groups excluding carboxylic acids is 2. The molecule has 1 fully saturated rings. The molecule has 10 heteroatoms. The Kier molecular flexibility index (Phi) is 7.72. The highest BCUT2D eigenvalue weighted by atomic mass is 32.2. The summed E-state index contributed by atoms with van der Waals surface area (Å²) in [5.74, 6) is -0.216. The molecule has 148 valence electrons. The number of rotatable bonds is 9. The Bertz CT molecular complexity index is 876. The van der Waals surface area contributed by atoms with Crippen molar-refractivity contribution in [3.05, 3.63) is 32.3 Å². The molecule has 0 bridgehead atoms. The normalized spacial score (nSPS) is 15.6. The third-order valence-corrected chi connectivity index (χ3v) is 7.03. The lowest BCUT2D eigenvalue weighted by molar-refractivity contribution is -0.122. The summed E-state index contributed by atoms with van der Waals surface area (Å²) < 4.78 is 0.540. The van der Waals surface area contributed by atoms with Crippen molar-refractivity contribution in [2.24, 2.45) is 0 Å². The molecule has 3 heterocycles. The van der Waals surface area contributed by atoms with Gasteiger partial charge in [-0.15, -0.1) is 21.5 Å². The van der Waals surface area contributed by atoms with E-state index in [0.29, 0.717) is 33.7 Å². The average molecular weight is 453 g/mol. The number of unbranched alkanes of at least 4 members (excludes halogenated alkanes) is 1. The molecule has 0 saturated carbocycles. The summed E-state index contributed by atoms with van der Waals surface area (Å²) in [6.07, 6.45) is 5.74. The molecule has 6 nitrogen and oxygen atoms in total. The number of nitrogens with zero attached hydrogens (tertiary/aromatic N) is 3. The van der Waals surface area contributed by atoms with Crippen molar-refractivity contribution in [3.8, 4) is 0 Å². The second-order valence-electron chi connectivity index (χ2n) is 6.11. The maximum atomic E-state index is 12.5. The van der Waals surface area contributed by atoms with E-state index in [2.05, 4.69) is 22.4 Å². The maximum Gasteiger partial charge on any atom is 0.266 e. The summed E-state index contributed by atoms with van der Waals surface area (Å²) in [6.45, 7) is 2.55. The van der Waals surface area contributed by atoms with Gasteiger partial charge in [0.2, 0.25) is 11.0 Å². The van der Waals surface area contributed by atoms with Crippen LogP contribution in [0.4, 0.5) is 5.13 Å². The van der Waals surface area contributed by atoms with Gasteiger partial charge in [-0.25, -0.2) is 0 Å². The number of amides is 2. The van der Waals surface area contributed by atoms with Crippen molar-refractivity contribution < 1.29 is 9.59 Å². The molecule has 0 unspecified atom stereocenters. The summed E-state index contributed by atoms with van der Waals surface area (Å²) in [7, 11) is 0. The van der Waals surface area contributed by atoms with Gasteiger partial charge in [0.05, 0.1) is 4.91 Å². The van der Waals surface area contributed by atoms with Crippen LogP contribution in [0.15, 0.2) is 22.4 Å². The van der Waals surface area contributed by atoms with E-state index in [1.807, 2.05) is 23.6 Å². The Balaban J connectivity index is 1.45. The smallest absolute Gasteiger partial charge is 0.266 e. The number of hydrogen-bond donors (Lipinski definition) is 1. The van der Waals surface area contributed by atoms with Crippen molar-refractivity contribution in [3.63, 3.8) is 0 Å². The molecular weight excluding hydrogens is 432 g/mol. The third kappa shape index (κ3) is 5.69. The van der Waals surface area contributed by atoms with Crippen molar-refractivity contribution in [2.75, 3.05) is 11.9 Å². The molecule has 1 N–H and O–H groups in total. The number of carbonyl (C=O) groups is 2. The van der Waals surface area contributed by atoms with Crippen LogP contribution in [0.1, 0.15) is 42.5 Å². The van der Waals surface area contributed by atoms with Crippen LogP contribution < -0.4 is 5.32 Å². The molecule has 2 amide bonds. The Morgan fingerprint density at radius 2 is 2.21 bits per heavy atom. The Hall–Kier alpha value is -1.62. The van der Waals surface area contributed by atoms with Crippen LogP contribution >= 0.6 is 46.7 Å². The van der Waals surface area contributed by atoms with E-state index in [-0.39, 0.29) is 11.8 Å². The maximum absolute atomic E-state index is 12.5. The minimum atomic E-state index is -0.127. The summed E-state index contributed by atoms with van der Waals surface area (Å²) in [6, 6.07) is 3.91. The molecule has 0 aliphatic carbocycles. The van der Waals surface area contributed by atoms with Crippen LogP contribution in [0, 0.1) is 0 Å². The zero-order valence-electron chi connectivity index (χ0n) is 15.3. The Labute approximate surface area is 181 Å². The number of thiophene rings is 1. The first-order chi connectivity index (χ1) is 13.6. The van der Waals surface area contributed by atoms with Gasteiger partial charge in [0.1, 0.15) is 9.33 Å². The molecule has 0 atom stereocenters. The number of nitrogens with one attached hydrogen (secondary N) is 1. The summed E-state index contributed by atoms with van der Waals surface area (Å²) in [5.41, 5.74) is 0. The summed E-state index contributed by atoms with van der Waals surface area (Å²) >= 11 is 9.62. The predicted molar refractivity (Wildman–Crippen MR) is 121 cm³/mol. The molecular formula is C18H20N4O2S4. The lowest BCUT2D eigenvalue weighted by Gasteiger charge is -2.13. The van der Waals surface area contributed by atoms with Crippen LogP contribution in [0.25, 0.3) is 6.08 Å². The monoisotopic (exact) mass is 452 g/mol. The van der Waals surface area contributed by atoms with Gasteiger partial charge in [0.15, 0.2) is 0 Å². The first-order valence-corrected chi connectivity index (χ1v) is 11.9.